The second-order valence-corrected chi connectivity index (χ2v) is 5.77. The summed E-state index contributed by atoms with van der Waals surface area (Å²) < 4.78 is 4.02. The molecule has 1 aliphatic rings. The molecule has 1 atom stereocenters. The second-order valence-electron chi connectivity index (χ2n) is 5.02. The van der Waals surface area contributed by atoms with E-state index < -0.39 is 6.04 Å². The minimum atomic E-state index is -0.431. The maximum Gasteiger partial charge on any atom is 0.249 e. The molecule has 6 nitrogen and oxygen atoms in total. The highest BCUT2D eigenvalue weighted by Gasteiger charge is 2.35. The first-order valence-corrected chi connectivity index (χ1v) is 7.17. The predicted octanol–water partition coefficient (Wildman–Crippen LogP) is 1.43. The molecule has 0 radical (unpaired) electrons. The minimum Gasteiger partial charge on any atom is -0.330 e. The monoisotopic (exact) mass is 282 g/mol. The fraction of sp³-hybridized carbons (Fsp3) is 0.667. The molecule has 0 saturated carbocycles. The number of nitrogens with zero attached hydrogens (tertiary/aromatic N) is 3. The van der Waals surface area contributed by atoms with Gasteiger partial charge in [-0.15, -0.1) is 0 Å². The molecule has 1 aromatic heterocycles. The van der Waals surface area contributed by atoms with Crippen molar-refractivity contribution in [1.29, 1.82) is 0 Å². The van der Waals surface area contributed by atoms with Gasteiger partial charge < -0.3 is 4.90 Å². The summed E-state index contributed by atoms with van der Waals surface area (Å²) in [5.74, 6) is 0.582. The topological polar surface area (TPSA) is 75.2 Å². The van der Waals surface area contributed by atoms with Crippen LogP contribution in [0.4, 0.5) is 5.13 Å². The van der Waals surface area contributed by atoms with E-state index in [2.05, 4.69) is 14.7 Å². The second kappa shape index (κ2) is 5.64. The zero-order valence-corrected chi connectivity index (χ0v) is 12.2. The van der Waals surface area contributed by atoms with Crippen molar-refractivity contribution in [2.45, 2.75) is 39.7 Å². The van der Waals surface area contributed by atoms with Gasteiger partial charge in [0.2, 0.25) is 16.9 Å². The molecule has 2 heterocycles. The van der Waals surface area contributed by atoms with Crippen molar-refractivity contribution in [3.05, 3.63) is 5.82 Å². The van der Waals surface area contributed by atoms with E-state index in [1.54, 1.807) is 11.8 Å². The molecule has 104 valence electrons. The lowest BCUT2D eigenvalue weighted by Crippen LogP contribution is -2.47. The Bertz CT molecular complexity index is 486. The summed E-state index contributed by atoms with van der Waals surface area (Å²) >= 11 is 1.15. The van der Waals surface area contributed by atoms with Crippen LogP contribution in [0.2, 0.25) is 0 Å². The summed E-state index contributed by atoms with van der Waals surface area (Å²) in [5, 5.41) is 3.24. The molecule has 7 heteroatoms. The van der Waals surface area contributed by atoms with E-state index in [-0.39, 0.29) is 17.7 Å². The Morgan fingerprint density at radius 1 is 1.47 bits per heavy atom. The van der Waals surface area contributed by atoms with Crippen molar-refractivity contribution in [3.8, 4) is 0 Å². The Labute approximate surface area is 116 Å². The Hall–Kier alpha value is -1.50. The summed E-state index contributed by atoms with van der Waals surface area (Å²) in [6, 6.07) is -0.431. The van der Waals surface area contributed by atoms with Gasteiger partial charge in [-0.25, -0.2) is 4.98 Å². The zero-order chi connectivity index (χ0) is 14.0. The van der Waals surface area contributed by atoms with Gasteiger partial charge in [0.05, 0.1) is 0 Å². The van der Waals surface area contributed by atoms with Gasteiger partial charge in [-0.05, 0) is 19.3 Å². The predicted molar refractivity (Wildman–Crippen MR) is 72.8 cm³/mol. The molecule has 0 aromatic carbocycles. The van der Waals surface area contributed by atoms with Crippen LogP contribution >= 0.6 is 11.5 Å². The molecule has 0 unspecified atom stereocenters. The lowest BCUT2D eigenvalue weighted by atomic mass is 10.0. The molecule has 1 aliphatic heterocycles. The lowest BCUT2D eigenvalue weighted by Gasteiger charge is -2.29. The standard InChI is InChI=1S/C12H18N4O2S/c1-7(2)10(16-6-4-5-9(16)17)11(18)14-12-13-8(3)15-19-12/h7,10H,4-6H2,1-3H3,(H,13,14,15,18)/t10-/m0/s1. The minimum absolute atomic E-state index is 0.0577. The molecule has 1 N–H and O–H groups in total. The van der Waals surface area contributed by atoms with Crippen LogP contribution in [0.3, 0.4) is 0 Å². The van der Waals surface area contributed by atoms with Gasteiger partial charge in [0.15, 0.2) is 0 Å². The molecular formula is C12H18N4O2S. The third-order valence-corrected chi connectivity index (χ3v) is 3.83. The van der Waals surface area contributed by atoms with E-state index in [9.17, 15) is 9.59 Å². The van der Waals surface area contributed by atoms with Gasteiger partial charge >= 0.3 is 0 Å². The van der Waals surface area contributed by atoms with Crippen LogP contribution < -0.4 is 5.32 Å². The normalized spacial score (nSPS) is 17.1. The van der Waals surface area contributed by atoms with Gasteiger partial charge in [-0.2, -0.15) is 4.37 Å². The number of anilines is 1. The molecular weight excluding hydrogens is 264 g/mol. The van der Waals surface area contributed by atoms with Crippen LogP contribution in [0.15, 0.2) is 0 Å². The Morgan fingerprint density at radius 3 is 2.68 bits per heavy atom. The summed E-state index contributed by atoms with van der Waals surface area (Å²) in [6.45, 7) is 6.32. The van der Waals surface area contributed by atoms with Crippen molar-refractivity contribution >= 4 is 28.5 Å². The summed E-state index contributed by atoms with van der Waals surface area (Å²) in [7, 11) is 0. The van der Waals surface area contributed by atoms with Crippen LogP contribution in [-0.4, -0.2) is 38.7 Å². The van der Waals surface area contributed by atoms with E-state index >= 15 is 0 Å². The van der Waals surface area contributed by atoms with E-state index in [0.717, 1.165) is 18.0 Å². The first-order chi connectivity index (χ1) is 8.99. The molecule has 0 spiro atoms. The smallest absolute Gasteiger partial charge is 0.249 e. The molecule has 1 aromatic rings. The quantitative estimate of drug-likeness (QED) is 0.906. The van der Waals surface area contributed by atoms with E-state index in [1.807, 2.05) is 13.8 Å². The number of likely N-dealkylation sites (tertiary alicyclic amines) is 1. The molecule has 2 rings (SSSR count). The van der Waals surface area contributed by atoms with Gasteiger partial charge in [0, 0.05) is 24.5 Å². The molecule has 2 amide bonds. The number of aryl methyl sites for hydroxylation is 1. The molecule has 0 aliphatic carbocycles. The van der Waals surface area contributed by atoms with Crippen LogP contribution in [-0.2, 0) is 9.59 Å². The lowest BCUT2D eigenvalue weighted by molar-refractivity contribution is -0.136. The number of hydrogen-bond acceptors (Lipinski definition) is 5. The van der Waals surface area contributed by atoms with Gasteiger partial charge in [0.25, 0.3) is 0 Å². The third-order valence-electron chi connectivity index (χ3n) is 3.10. The van der Waals surface area contributed by atoms with Crippen LogP contribution in [0.5, 0.6) is 0 Å². The fourth-order valence-electron chi connectivity index (χ4n) is 2.29. The number of amides is 2. The summed E-state index contributed by atoms with van der Waals surface area (Å²) in [4.78, 5) is 29.9. The Kier molecular flexibility index (Phi) is 4.14. The highest BCUT2D eigenvalue weighted by Crippen LogP contribution is 2.21. The number of carbonyl (C=O) groups is 2. The van der Waals surface area contributed by atoms with Crippen LogP contribution in [0.1, 0.15) is 32.5 Å². The average Bonchev–Trinajstić information content (AvgIpc) is 2.89. The van der Waals surface area contributed by atoms with Crippen molar-refractivity contribution < 1.29 is 9.59 Å². The highest BCUT2D eigenvalue weighted by atomic mass is 32.1. The largest absolute Gasteiger partial charge is 0.330 e. The molecule has 0 bridgehead atoms. The van der Waals surface area contributed by atoms with E-state index in [0.29, 0.717) is 23.9 Å². The summed E-state index contributed by atoms with van der Waals surface area (Å²) in [6.07, 6.45) is 1.36. The number of rotatable bonds is 4. The van der Waals surface area contributed by atoms with Crippen molar-refractivity contribution in [3.63, 3.8) is 0 Å². The molecule has 1 saturated heterocycles. The number of aromatic nitrogens is 2. The average molecular weight is 282 g/mol. The number of nitrogens with one attached hydrogen (secondary N) is 1. The van der Waals surface area contributed by atoms with E-state index in [4.69, 9.17) is 0 Å². The van der Waals surface area contributed by atoms with E-state index in [1.165, 1.54) is 0 Å². The maximum absolute atomic E-state index is 12.3. The van der Waals surface area contributed by atoms with Crippen molar-refractivity contribution in [2.24, 2.45) is 5.92 Å². The summed E-state index contributed by atoms with van der Waals surface area (Å²) in [5.41, 5.74) is 0. The first-order valence-electron chi connectivity index (χ1n) is 6.39. The fourth-order valence-corrected chi connectivity index (χ4v) is 2.87. The van der Waals surface area contributed by atoms with Crippen molar-refractivity contribution in [1.82, 2.24) is 14.3 Å². The maximum atomic E-state index is 12.3. The van der Waals surface area contributed by atoms with Gasteiger partial charge in [-0.1, -0.05) is 13.8 Å². The van der Waals surface area contributed by atoms with Gasteiger partial charge in [-0.3, -0.25) is 14.9 Å². The highest BCUT2D eigenvalue weighted by molar-refractivity contribution is 7.09. The number of hydrogen-bond donors (Lipinski definition) is 1. The molecule has 1 fully saturated rings. The van der Waals surface area contributed by atoms with Crippen molar-refractivity contribution in [2.75, 3.05) is 11.9 Å². The first kappa shape index (κ1) is 13.9. The van der Waals surface area contributed by atoms with Gasteiger partial charge in [0.1, 0.15) is 11.9 Å². The zero-order valence-electron chi connectivity index (χ0n) is 11.3. The van der Waals surface area contributed by atoms with Crippen LogP contribution in [0.25, 0.3) is 0 Å². The third kappa shape index (κ3) is 3.09. The SMILES string of the molecule is Cc1nsc(NC(=O)[C@H](C(C)C)N2CCCC2=O)n1. The Morgan fingerprint density at radius 2 is 2.21 bits per heavy atom. The Balaban J connectivity index is 2.10. The van der Waals surface area contributed by atoms with Crippen LogP contribution in [0, 0.1) is 12.8 Å². The molecule has 19 heavy (non-hydrogen) atoms. The number of carbonyl (C=O) groups excluding carboxylic acids is 2.